The quantitative estimate of drug-likeness (QED) is 0.389. The Bertz CT molecular complexity index is 1510. The molecule has 4 aromatic rings. The first-order chi connectivity index (χ1) is 17.9. The number of nitrogens with one attached hydrogen (secondary N) is 1. The summed E-state index contributed by atoms with van der Waals surface area (Å²) in [4.78, 5) is 25.1. The number of H-pyrrole nitrogens is 1. The van der Waals surface area contributed by atoms with Gasteiger partial charge in [-0.1, -0.05) is 25.1 Å². The zero-order valence-corrected chi connectivity index (χ0v) is 20.9. The molecule has 3 heterocycles. The number of halogens is 2. The highest BCUT2D eigenvalue weighted by Gasteiger charge is 2.22. The number of hydrogen-bond acceptors (Lipinski definition) is 6. The lowest BCUT2D eigenvalue weighted by Crippen LogP contribution is -2.20. The number of nitrogen functional groups attached to an aromatic ring is 1. The molecule has 192 valence electrons. The molecule has 5 rings (SSSR count). The van der Waals surface area contributed by atoms with Crippen molar-refractivity contribution in [3.63, 3.8) is 0 Å². The van der Waals surface area contributed by atoms with Gasteiger partial charge < -0.3 is 20.4 Å². The molecule has 0 saturated carbocycles. The van der Waals surface area contributed by atoms with E-state index in [1.807, 2.05) is 19.2 Å². The second-order valence-corrected chi connectivity index (χ2v) is 9.45. The summed E-state index contributed by atoms with van der Waals surface area (Å²) in [7, 11) is 2.05. The molecule has 3 N–H and O–H groups in total. The molecule has 0 unspecified atom stereocenters. The molecule has 2 aromatic heterocycles. The fraction of sp³-hybridized carbons (Fsp3) is 0.321. The SMILES string of the molecule is CCN(C)Cc1cc(-c2nc(-c3ccc4c(=O)[nH]cc(F)c4c3)c(N)nc2F)ccc1C1CCOCC1. The van der Waals surface area contributed by atoms with Crippen LogP contribution in [0, 0.1) is 11.8 Å². The van der Waals surface area contributed by atoms with E-state index in [9.17, 15) is 9.18 Å². The Morgan fingerprint density at radius 3 is 2.54 bits per heavy atom. The van der Waals surface area contributed by atoms with Gasteiger partial charge in [0, 0.05) is 47.9 Å². The van der Waals surface area contributed by atoms with Gasteiger partial charge in [-0.25, -0.2) is 9.37 Å². The average Bonchev–Trinajstić information content (AvgIpc) is 2.91. The third-order valence-corrected chi connectivity index (χ3v) is 7.06. The summed E-state index contributed by atoms with van der Waals surface area (Å²) in [5.74, 6) is -1.09. The molecule has 37 heavy (non-hydrogen) atoms. The van der Waals surface area contributed by atoms with Gasteiger partial charge in [0.2, 0.25) is 5.95 Å². The molecule has 0 spiro atoms. The van der Waals surface area contributed by atoms with Gasteiger partial charge in [0.15, 0.2) is 5.82 Å². The van der Waals surface area contributed by atoms with Gasteiger partial charge in [-0.3, -0.25) is 4.79 Å². The zero-order valence-electron chi connectivity index (χ0n) is 20.9. The number of nitrogens with two attached hydrogens (primary N) is 1. The second-order valence-electron chi connectivity index (χ2n) is 9.45. The third kappa shape index (κ3) is 4.97. The summed E-state index contributed by atoms with van der Waals surface area (Å²) in [6.07, 6.45) is 2.90. The van der Waals surface area contributed by atoms with Crippen molar-refractivity contribution in [3.8, 4) is 22.5 Å². The van der Waals surface area contributed by atoms with Crippen LogP contribution >= 0.6 is 0 Å². The number of anilines is 1. The normalized spacial score (nSPS) is 14.5. The van der Waals surface area contributed by atoms with Crippen molar-refractivity contribution in [1.82, 2.24) is 19.9 Å². The van der Waals surface area contributed by atoms with E-state index in [2.05, 4.69) is 32.8 Å². The van der Waals surface area contributed by atoms with Crippen LogP contribution in [0.1, 0.15) is 36.8 Å². The second kappa shape index (κ2) is 10.4. The number of fused-ring (bicyclic) bond motifs is 1. The largest absolute Gasteiger partial charge is 0.382 e. The van der Waals surface area contributed by atoms with Gasteiger partial charge in [0.1, 0.15) is 17.2 Å². The molecule has 0 radical (unpaired) electrons. The Morgan fingerprint density at radius 2 is 1.78 bits per heavy atom. The number of nitrogens with zero attached hydrogens (tertiary/aromatic N) is 3. The molecule has 1 saturated heterocycles. The summed E-state index contributed by atoms with van der Waals surface area (Å²) >= 11 is 0. The van der Waals surface area contributed by atoms with Crippen LogP contribution in [-0.4, -0.2) is 46.7 Å². The number of ether oxygens (including phenoxy) is 1. The smallest absolute Gasteiger partial charge is 0.256 e. The topological polar surface area (TPSA) is 97.1 Å². The molecule has 1 aliphatic rings. The summed E-state index contributed by atoms with van der Waals surface area (Å²) in [5, 5.41) is 0.324. The standard InChI is InChI=1S/C28H29F2N5O2/c1-3-35(2)15-19-12-17(4-6-20(19)16-8-10-37-11-9-16)24-26(30)34-27(31)25(33-24)18-5-7-21-22(13-18)23(29)14-32-28(21)36/h4-7,12-14,16H,3,8-11,15H2,1-2H3,(H2,31,34)(H,32,36). The molecule has 9 heteroatoms. The van der Waals surface area contributed by atoms with Crippen molar-refractivity contribution in [2.45, 2.75) is 32.2 Å². The molecule has 0 amide bonds. The molecule has 1 fully saturated rings. The van der Waals surface area contributed by atoms with Crippen molar-refractivity contribution in [2.75, 3.05) is 32.5 Å². The molecular formula is C28H29F2N5O2. The van der Waals surface area contributed by atoms with Crippen LogP contribution in [0.25, 0.3) is 33.3 Å². The van der Waals surface area contributed by atoms with E-state index in [0.717, 1.165) is 44.4 Å². The Hall–Kier alpha value is -3.69. The predicted octanol–water partition coefficient (Wildman–Crippen LogP) is 4.86. The minimum atomic E-state index is -0.779. The van der Waals surface area contributed by atoms with Crippen molar-refractivity contribution < 1.29 is 13.5 Å². The van der Waals surface area contributed by atoms with E-state index in [4.69, 9.17) is 10.5 Å². The molecule has 0 aliphatic carbocycles. The minimum Gasteiger partial charge on any atom is -0.382 e. The summed E-state index contributed by atoms with van der Waals surface area (Å²) in [6.45, 7) is 5.14. The highest BCUT2D eigenvalue weighted by Crippen LogP contribution is 2.35. The zero-order chi connectivity index (χ0) is 26.1. The minimum absolute atomic E-state index is 0.0645. The number of aromatic amines is 1. The number of pyridine rings is 1. The van der Waals surface area contributed by atoms with Crippen LogP contribution in [0.4, 0.5) is 14.6 Å². The van der Waals surface area contributed by atoms with E-state index in [1.165, 1.54) is 17.7 Å². The van der Waals surface area contributed by atoms with E-state index in [1.54, 1.807) is 6.07 Å². The maximum Gasteiger partial charge on any atom is 0.256 e. The Labute approximate surface area is 213 Å². The van der Waals surface area contributed by atoms with E-state index < -0.39 is 17.3 Å². The van der Waals surface area contributed by atoms with Gasteiger partial charge in [-0.05, 0) is 61.7 Å². The van der Waals surface area contributed by atoms with E-state index in [-0.39, 0.29) is 28.0 Å². The molecular weight excluding hydrogens is 476 g/mol. The lowest BCUT2D eigenvalue weighted by molar-refractivity contribution is 0.0850. The average molecular weight is 506 g/mol. The molecule has 0 atom stereocenters. The van der Waals surface area contributed by atoms with Gasteiger partial charge in [-0.15, -0.1) is 0 Å². The van der Waals surface area contributed by atoms with Gasteiger partial charge in [0.25, 0.3) is 5.56 Å². The van der Waals surface area contributed by atoms with Crippen molar-refractivity contribution in [2.24, 2.45) is 0 Å². The molecule has 1 aliphatic heterocycles. The Balaban J connectivity index is 1.61. The van der Waals surface area contributed by atoms with Gasteiger partial charge in [0.05, 0.1) is 0 Å². The third-order valence-electron chi connectivity index (χ3n) is 7.06. The first-order valence-corrected chi connectivity index (χ1v) is 12.4. The maximum absolute atomic E-state index is 15.1. The number of aromatic nitrogens is 3. The van der Waals surface area contributed by atoms with Crippen LogP contribution in [0.3, 0.4) is 0 Å². The summed E-state index contributed by atoms with van der Waals surface area (Å²) in [5.41, 5.74) is 9.31. The molecule has 0 bridgehead atoms. The Kier molecular flexibility index (Phi) is 6.99. The molecule has 2 aromatic carbocycles. The maximum atomic E-state index is 15.1. The van der Waals surface area contributed by atoms with Crippen LogP contribution in [0.2, 0.25) is 0 Å². The first kappa shape index (κ1) is 25.0. The van der Waals surface area contributed by atoms with Crippen molar-refractivity contribution in [1.29, 1.82) is 0 Å². The Morgan fingerprint density at radius 1 is 1.05 bits per heavy atom. The predicted molar refractivity (Wildman–Crippen MR) is 140 cm³/mol. The summed E-state index contributed by atoms with van der Waals surface area (Å²) < 4.78 is 35.1. The fourth-order valence-electron chi connectivity index (χ4n) is 4.89. The van der Waals surface area contributed by atoms with E-state index >= 15 is 4.39 Å². The van der Waals surface area contributed by atoms with Crippen molar-refractivity contribution >= 4 is 16.6 Å². The van der Waals surface area contributed by atoms with Crippen LogP contribution in [-0.2, 0) is 11.3 Å². The number of benzene rings is 2. The van der Waals surface area contributed by atoms with Crippen molar-refractivity contribution in [3.05, 3.63) is 75.8 Å². The molecule has 7 nitrogen and oxygen atoms in total. The highest BCUT2D eigenvalue weighted by atomic mass is 19.1. The van der Waals surface area contributed by atoms with E-state index in [0.29, 0.717) is 23.6 Å². The summed E-state index contributed by atoms with van der Waals surface area (Å²) in [6, 6.07) is 10.5. The van der Waals surface area contributed by atoms with Crippen LogP contribution in [0.5, 0.6) is 0 Å². The highest BCUT2D eigenvalue weighted by molar-refractivity contribution is 5.88. The lowest BCUT2D eigenvalue weighted by atomic mass is 9.87. The van der Waals surface area contributed by atoms with Gasteiger partial charge in [-0.2, -0.15) is 9.37 Å². The number of hydrogen-bond donors (Lipinski definition) is 2. The van der Waals surface area contributed by atoms with Crippen LogP contribution in [0.15, 0.2) is 47.4 Å². The monoisotopic (exact) mass is 505 g/mol. The first-order valence-electron chi connectivity index (χ1n) is 12.4. The number of rotatable bonds is 6. The van der Waals surface area contributed by atoms with Crippen LogP contribution < -0.4 is 11.3 Å². The lowest BCUT2D eigenvalue weighted by Gasteiger charge is -2.26. The fourth-order valence-corrected chi connectivity index (χ4v) is 4.89. The van der Waals surface area contributed by atoms with Gasteiger partial charge >= 0.3 is 0 Å².